The summed E-state index contributed by atoms with van der Waals surface area (Å²) in [5, 5.41) is 19.8. The lowest BCUT2D eigenvalue weighted by Gasteiger charge is -2.13. The quantitative estimate of drug-likeness (QED) is 0.683. The maximum absolute atomic E-state index is 9.25. The fourth-order valence-electron chi connectivity index (χ4n) is 2.09. The van der Waals surface area contributed by atoms with Crippen LogP contribution in [0.2, 0.25) is 0 Å². The van der Waals surface area contributed by atoms with Gasteiger partial charge in [-0.3, -0.25) is 5.10 Å². The van der Waals surface area contributed by atoms with Crippen LogP contribution in [0.3, 0.4) is 0 Å². The number of nitrogens with zero attached hydrogens (tertiary/aromatic N) is 1. The van der Waals surface area contributed by atoms with Crippen LogP contribution in [0.5, 0.6) is 5.75 Å². The van der Waals surface area contributed by atoms with Gasteiger partial charge in [-0.25, -0.2) is 0 Å². The van der Waals surface area contributed by atoms with Crippen molar-refractivity contribution in [3.05, 3.63) is 29.8 Å². The van der Waals surface area contributed by atoms with E-state index in [2.05, 4.69) is 15.5 Å². The number of H-pyrrole nitrogens is 1. The molecule has 0 aliphatic carbocycles. The molecule has 0 saturated heterocycles. The largest absolute Gasteiger partial charge is 0.508 e. The van der Waals surface area contributed by atoms with E-state index in [1.165, 1.54) is 5.56 Å². The number of phenolic OH excluding ortho intramolecular Hbond substituents is 1. The van der Waals surface area contributed by atoms with Gasteiger partial charge in [-0.15, -0.1) is 0 Å². The van der Waals surface area contributed by atoms with Crippen molar-refractivity contribution in [3.63, 3.8) is 0 Å². The van der Waals surface area contributed by atoms with Gasteiger partial charge in [0.05, 0.1) is 5.69 Å². The van der Waals surface area contributed by atoms with E-state index < -0.39 is 0 Å². The highest BCUT2D eigenvalue weighted by atomic mass is 16.3. The SMILES string of the molecule is Oc1ccc(-c2[nH]nc3c2CCCN3)cc1. The number of benzene rings is 1. The van der Waals surface area contributed by atoms with E-state index >= 15 is 0 Å². The number of aromatic amines is 1. The van der Waals surface area contributed by atoms with Crippen LogP contribution >= 0.6 is 0 Å². The van der Waals surface area contributed by atoms with Crippen LogP contribution in [0.15, 0.2) is 24.3 Å². The maximum Gasteiger partial charge on any atom is 0.151 e. The van der Waals surface area contributed by atoms with Crippen molar-refractivity contribution >= 4 is 5.82 Å². The second kappa shape index (κ2) is 3.56. The van der Waals surface area contributed by atoms with Crippen molar-refractivity contribution in [2.45, 2.75) is 12.8 Å². The number of anilines is 1. The first-order chi connectivity index (χ1) is 7.84. The summed E-state index contributed by atoms with van der Waals surface area (Å²) in [6.07, 6.45) is 2.19. The molecule has 4 heteroatoms. The molecule has 3 rings (SSSR count). The average molecular weight is 215 g/mol. The molecule has 0 saturated carbocycles. The topological polar surface area (TPSA) is 60.9 Å². The van der Waals surface area contributed by atoms with Crippen LogP contribution in [0.4, 0.5) is 5.82 Å². The third-order valence-corrected chi connectivity index (χ3v) is 2.92. The molecule has 16 heavy (non-hydrogen) atoms. The number of aromatic nitrogens is 2. The fourth-order valence-corrected chi connectivity index (χ4v) is 2.09. The maximum atomic E-state index is 9.25. The van der Waals surface area contributed by atoms with Crippen molar-refractivity contribution in [3.8, 4) is 17.0 Å². The summed E-state index contributed by atoms with van der Waals surface area (Å²) in [7, 11) is 0. The molecule has 1 aromatic carbocycles. The zero-order chi connectivity index (χ0) is 11.0. The molecule has 82 valence electrons. The highest BCUT2D eigenvalue weighted by Gasteiger charge is 2.17. The van der Waals surface area contributed by atoms with Crippen LogP contribution in [-0.2, 0) is 6.42 Å². The van der Waals surface area contributed by atoms with Crippen LogP contribution in [0, 0.1) is 0 Å². The molecule has 1 aliphatic heterocycles. The van der Waals surface area contributed by atoms with Gasteiger partial charge in [0.2, 0.25) is 0 Å². The van der Waals surface area contributed by atoms with Gasteiger partial charge in [0.1, 0.15) is 5.75 Å². The summed E-state index contributed by atoms with van der Waals surface area (Å²) in [5.41, 5.74) is 3.37. The minimum atomic E-state index is 0.287. The lowest BCUT2D eigenvalue weighted by molar-refractivity contribution is 0.475. The Morgan fingerprint density at radius 1 is 1.19 bits per heavy atom. The first-order valence-electron chi connectivity index (χ1n) is 5.45. The van der Waals surface area contributed by atoms with Crippen molar-refractivity contribution in [1.82, 2.24) is 10.2 Å². The van der Waals surface area contributed by atoms with Crippen molar-refractivity contribution in [1.29, 1.82) is 0 Å². The van der Waals surface area contributed by atoms with Gasteiger partial charge in [0.25, 0.3) is 0 Å². The standard InChI is InChI=1S/C12H13N3O/c16-9-5-3-8(4-6-9)11-10-2-1-7-13-12(10)15-14-11/h3-6,16H,1-2,7H2,(H2,13,14,15). The number of hydrogen-bond donors (Lipinski definition) is 3. The van der Waals surface area contributed by atoms with E-state index in [0.717, 1.165) is 36.5 Å². The Morgan fingerprint density at radius 3 is 2.81 bits per heavy atom. The van der Waals surface area contributed by atoms with Crippen LogP contribution in [-0.4, -0.2) is 21.8 Å². The van der Waals surface area contributed by atoms with E-state index in [-0.39, 0.29) is 5.75 Å². The Bertz CT molecular complexity index is 501. The Morgan fingerprint density at radius 2 is 2.00 bits per heavy atom. The molecule has 0 atom stereocenters. The normalized spacial score (nSPS) is 14.2. The third-order valence-electron chi connectivity index (χ3n) is 2.92. The van der Waals surface area contributed by atoms with E-state index in [1.807, 2.05) is 12.1 Å². The predicted octanol–water partition coefficient (Wildman–Crippen LogP) is 2.14. The summed E-state index contributed by atoms with van der Waals surface area (Å²) in [4.78, 5) is 0. The summed E-state index contributed by atoms with van der Waals surface area (Å²) < 4.78 is 0. The van der Waals surface area contributed by atoms with Crippen LogP contribution < -0.4 is 5.32 Å². The van der Waals surface area contributed by atoms with Crippen LogP contribution in [0.1, 0.15) is 12.0 Å². The molecule has 0 bridgehead atoms. The number of nitrogens with one attached hydrogen (secondary N) is 2. The second-order valence-corrected chi connectivity index (χ2v) is 4.00. The van der Waals surface area contributed by atoms with E-state index in [4.69, 9.17) is 0 Å². The Labute approximate surface area is 93.3 Å². The third kappa shape index (κ3) is 1.43. The number of aromatic hydroxyl groups is 1. The van der Waals surface area contributed by atoms with Crippen LogP contribution in [0.25, 0.3) is 11.3 Å². The van der Waals surface area contributed by atoms with E-state index in [9.17, 15) is 5.11 Å². The summed E-state index contributed by atoms with van der Waals surface area (Å²) in [6, 6.07) is 7.19. The molecule has 4 nitrogen and oxygen atoms in total. The first-order valence-corrected chi connectivity index (χ1v) is 5.45. The highest BCUT2D eigenvalue weighted by molar-refractivity contribution is 5.70. The van der Waals surface area contributed by atoms with Gasteiger partial charge in [-0.2, -0.15) is 5.10 Å². The fraction of sp³-hybridized carbons (Fsp3) is 0.250. The van der Waals surface area contributed by atoms with Gasteiger partial charge in [0.15, 0.2) is 5.82 Å². The number of phenols is 1. The Hall–Kier alpha value is -1.97. The van der Waals surface area contributed by atoms with Gasteiger partial charge < -0.3 is 10.4 Å². The van der Waals surface area contributed by atoms with Gasteiger partial charge in [-0.05, 0) is 37.1 Å². The van der Waals surface area contributed by atoms with Gasteiger partial charge in [0, 0.05) is 17.7 Å². The molecule has 3 N–H and O–H groups in total. The molecule has 2 aromatic rings. The monoisotopic (exact) mass is 215 g/mol. The van der Waals surface area contributed by atoms with Gasteiger partial charge >= 0.3 is 0 Å². The minimum absolute atomic E-state index is 0.287. The number of hydrogen-bond acceptors (Lipinski definition) is 3. The zero-order valence-electron chi connectivity index (χ0n) is 8.83. The van der Waals surface area contributed by atoms with Gasteiger partial charge in [-0.1, -0.05) is 0 Å². The lowest BCUT2D eigenvalue weighted by atomic mass is 10.0. The Balaban J connectivity index is 2.06. The van der Waals surface area contributed by atoms with E-state index in [1.54, 1.807) is 12.1 Å². The lowest BCUT2D eigenvalue weighted by Crippen LogP contribution is -2.10. The van der Waals surface area contributed by atoms with Crippen molar-refractivity contribution in [2.75, 3.05) is 11.9 Å². The molecular weight excluding hydrogens is 202 g/mol. The molecule has 0 unspecified atom stereocenters. The molecule has 2 heterocycles. The molecule has 0 amide bonds. The molecule has 0 spiro atoms. The average Bonchev–Trinajstić information content (AvgIpc) is 2.74. The molecule has 1 aliphatic rings. The van der Waals surface area contributed by atoms with Crippen molar-refractivity contribution in [2.24, 2.45) is 0 Å². The Kier molecular flexibility index (Phi) is 2.06. The van der Waals surface area contributed by atoms with Crippen molar-refractivity contribution < 1.29 is 5.11 Å². The highest BCUT2D eigenvalue weighted by Crippen LogP contribution is 2.30. The second-order valence-electron chi connectivity index (χ2n) is 4.00. The number of rotatable bonds is 1. The minimum Gasteiger partial charge on any atom is -0.508 e. The molecule has 0 fully saturated rings. The van der Waals surface area contributed by atoms with E-state index in [0.29, 0.717) is 0 Å². The summed E-state index contributed by atoms with van der Waals surface area (Å²) in [5.74, 6) is 1.25. The first kappa shape index (κ1) is 9.27. The smallest absolute Gasteiger partial charge is 0.151 e. The summed E-state index contributed by atoms with van der Waals surface area (Å²) >= 11 is 0. The number of fused-ring (bicyclic) bond motifs is 1. The molecule has 1 aromatic heterocycles. The molecular formula is C12H13N3O. The molecule has 0 radical (unpaired) electrons. The zero-order valence-corrected chi connectivity index (χ0v) is 8.83. The summed E-state index contributed by atoms with van der Waals surface area (Å²) in [6.45, 7) is 0.993. The predicted molar refractivity (Wildman–Crippen MR) is 62.5 cm³/mol.